The van der Waals surface area contributed by atoms with E-state index in [1.165, 1.54) is 0 Å². The van der Waals surface area contributed by atoms with E-state index in [-0.39, 0.29) is 0 Å². The summed E-state index contributed by atoms with van der Waals surface area (Å²) in [5.74, 6) is 0.764. The van der Waals surface area contributed by atoms with Crippen molar-refractivity contribution in [2.24, 2.45) is 0 Å². The van der Waals surface area contributed by atoms with Gasteiger partial charge in [0.15, 0.2) is 5.82 Å². The van der Waals surface area contributed by atoms with Crippen LogP contribution in [0, 0.1) is 0 Å². The van der Waals surface area contributed by atoms with Crippen molar-refractivity contribution in [1.29, 1.82) is 0 Å². The maximum absolute atomic E-state index is 5.86. The van der Waals surface area contributed by atoms with Gasteiger partial charge in [-0.05, 0) is 12.1 Å². The molecule has 0 amide bonds. The van der Waals surface area contributed by atoms with E-state index in [2.05, 4.69) is 15.1 Å². The number of pyridine rings is 2. The highest BCUT2D eigenvalue weighted by Gasteiger charge is 2.06. The molecule has 16 heavy (non-hydrogen) atoms. The van der Waals surface area contributed by atoms with Crippen LogP contribution in [0.4, 0.5) is 0 Å². The molecule has 3 rings (SSSR count). The fourth-order valence-corrected chi connectivity index (χ4v) is 1.71. The number of halogens is 1. The summed E-state index contributed by atoms with van der Waals surface area (Å²) < 4.78 is 1.74. The molecule has 0 fully saturated rings. The average Bonchev–Trinajstić information content (AvgIpc) is 2.73. The van der Waals surface area contributed by atoms with E-state index in [0.717, 1.165) is 16.7 Å². The molecule has 3 heterocycles. The summed E-state index contributed by atoms with van der Waals surface area (Å²) in [5.41, 5.74) is 0.902. The predicted molar refractivity (Wildman–Crippen MR) is 61.7 cm³/mol. The minimum atomic E-state index is 0.449. The molecule has 0 atom stereocenters. The Hall–Kier alpha value is -1.94. The van der Waals surface area contributed by atoms with Crippen molar-refractivity contribution >= 4 is 22.5 Å². The molecule has 0 spiro atoms. The average molecular weight is 231 g/mol. The van der Waals surface area contributed by atoms with Crippen LogP contribution in [0.1, 0.15) is 0 Å². The van der Waals surface area contributed by atoms with Crippen LogP contribution in [0.5, 0.6) is 0 Å². The number of hydrogen-bond acceptors (Lipinski definition) is 3. The third-order valence-corrected chi connectivity index (χ3v) is 2.49. The topological polar surface area (TPSA) is 43.6 Å². The minimum Gasteiger partial charge on any atom is -0.244 e. The van der Waals surface area contributed by atoms with Gasteiger partial charge in [0.05, 0.1) is 11.7 Å². The third-order valence-electron chi connectivity index (χ3n) is 2.29. The fraction of sp³-hybridized carbons (Fsp3) is 0. The minimum absolute atomic E-state index is 0.449. The molecule has 4 nitrogen and oxygen atoms in total. The summed E-state index contributed by atoms with van der Waals surface area (Å²) in [7, 11) is 0. The quantitative estimate of drug-likeness (QED) is 0.603. The number of hydrogen-bond donors (Lipinski definition) is 0. The van der Waals surface area contributed by atoms with Gasteiger partial charge in [0.2, 0.25) is 0 Å². The van der Waals surface area contributed by atoms with Gasteiger partial charge in [0.25, 0.3) is 0 Å². The maximum Gasteiger partial charge on any atom is 0.153 e. The molecule has 5 heteroatoms. The smallest absolute Gasteiger partial charge is 0.153 e. The van der Waals surface area contributed by atoms with Gasteiger partial charge in [0, 0.05) is 23.8 Å². The van der Waals surface area contributed by atoms with Crippen LogP contribution >= 0.6 is 11.6 Å². The van der Waals surface area contributed by atoms with Gasteiger partial charge in [-0.2, -0.15) is 5.10 Å². The molecule has 3 aromatic rings. The summed E-state index contributed by atoms with van der Waals surface area (Å²) in [6.45, 7) is 0. The Morgan fingerprint density at radius 1 is 1.12 bits per heavy atom. The van der Waals surface area contributed by atoms with Gasteiger partial charge in [0.1, 0.15) is 5.15 Å². The molecule has 0 aliphatic rings. The van der Waals surface area contributed by atoms with Gasteiger partial charge >= 0.3 is 0 Å². The van der Waals surface area contributed by atoms with Crippen molar-refractivity contribution in [1.82, 2.24) is 19.7 Å². The Bertz CT molecular complexity index is 633. The van der Waals surface area contributed by atoms with E-state index >= 15 is 0 Å². The number of nitrogens with zero attached hydrogens (tertiary/aromatic N) is 4. The van der Waals surface area contributed by atoms with E-state index < -0.39 is 0 Å². The lowest BCUT2D eigenvalue weighted by atomic mass is 10.3. The van der Waals surface area contributed by atoms with Gasteiger partial charge < -0.3 is 0 Å². The van der Waals surface area contributed by atoms with Crippen molar-refractivity contribution in [3.05, 3.63) is 48.0 Å². The van der Waals surface area contributed by atoms with Crippen LogP contribution in [-0.2, 0) is 0 Å². The van der Waals surface area contributed by atoms with E-state index in [9.17, 15) is 0 Å². The summed E-state index contributed by atoms with van der Waals surface area (Å²) in [6, 6.07) is 7.45. The lowest BCUT2D eigenvalue weighted by molar-refractivity contribution is 0.874. The Morgan fingerprint density at radius 3 is 2.88 bits per heavy atom. The van der Waals surface area contributed by atoms with E-state index in [0.29, 0.717) is 5.15 Å². The first kappa shape index (κ1) is 9.30. The molecule has 3 aromatic heterocycles. The van der Waals surface area contributed by atoms with Crippen molar-refractivity contribution in [2.75, 3.05) is 0 Å². The van der Waals surface area contributed by atoms with Gasteiger partial charge in [-0.15, -0.1) is 0 Å². The fourth-order valence-electron chi connectivity index (χ4n) is 1.56. The van der Waals surface area contributed by atoms with Crippen molar-refractivity contribution < 1.29 is 0 Å². The van der Waals surface area contributed by atoms with Crippen LogP contribution in [0.25, 0.3) is 16.7 Å². The van der Waals surface area contributed by atoms with E-state index in [4.69, 9.17) is 11.6 Å². The summed E-state index contributed by atoms with van der Waals surface area (Å²) in [4.78, 5) is 8.24. The van der Waals surface area contributed by atoms with Crippen LogP contribution < -0.4 is 0 Å². The first-order chi connectivity index (χ1) is 7.84. The highest BCUT2D eigenvalue weighted by Crippen LogP contribution is 2.18. The predicted octanol–water partition coefficient (Wildman–Crippen LogP) is 2.47. The molecule has 0 unspecified atom stereocenters. The maximum atomic E-state index is 5.86. The number of aromatic nitrogens is 4. The van der Waals surface area contributed by atoms with E-state index in [1.807, 2.05) is 18.2 Å². The Kier molecular flexibility index (Phi) is 2.08. The first-order valence-corrected chi connectivity index (χ1v) is 5.13. The van der Waals surface area contributed by atoms with Crippen LogP contribution in [0.3, 0.4) is 0 Å². The standard InChI is InChI=1S/C11H7ClN4/c12-10-5-9-8(6-14-10)7-15-16(9)11-3-1-2-4-13-11/h1-7H. The van der Waals surface area contributed by atoms with Crippen molar-refractivity contribution in [2.45, 2.75) is 0 Å². The molecule has 0 saturated carbocycles. The van der Waals surface area contributed by atoms with Crippen LogP contribution in [0.2, 0.25) is 5.15 Å². The van der Waals surface area contributed by atoms with Crippen LogP contribution in [-0.4, -0.2) is 19.7 Å². The largest absolute Gasteiger partial charge is 0.244 e. The molecule has 0 bridgehead atoms. The lowest BCUT2D eigenvalue weighted by Crippen LogP contribution is -1.98. The van der Waals surface area contributed by atoms with Crippen LogP contribution in [0.15, 0.2) is 42.9 Å². The van der Waals surface area contributed by atoms with E-state index in [1.54, 1.807) is 29.3 Å². The first-order valence-electron chi connectivity index (χ1n) is 4.75. The van der Waals surface area contributed by atoms with Crippen molar-refractivity contribution in [3.63, 3.8) is 0 Å². The molecular formula is C11H7ClN4. The Morgan fingerprint density at radius 2 is 2.06 bits per heavy atom. The van der Waals surface area contributed by atoms with Gasteiger partial charge in [-0.3, -0.25) is 0 Å². The summed E-state index contributed by atoms with van der Waals surface area (Å²) >= 11 is 5.86. The SMILES string of the molecule is Clc1cc2c(cn1)cnn2-c1ccccn1. The number of rotatable bonds is 1. The number of fused-ring (bicyclic) bond motifs is 1. The van der Waals surface area contributed by atoms with Crippen molar-refractivity contribution in [3.8, 4) is 5.82 Å². The zero-order valence-corrected chi connectivity index (χ0v) is 8.96. The Balaban J connectivity index is 2.29. The highest BCUT2D eigenvalue weighted by atomic mass is 35.5. The molecule has 0 aliphatic carbocycles. The summed E-state index contributed by atoms with van der Waals surface area (Å²) in [6.07, 6.45) is 5.17. The second-order valence-electron chi connectivity index (χ2n) is 3.31. The summed E-state index contributed by atoms with van der Waals surface area (Å²) in [5, 5.41) is 5.65. The second-order valence-corrected chi connectivity index (χ2v) is 3.70. The highest BCUT2D eigenvalue weighted by molar-refractivity contribution is 6.30. The molecular weight excluding hydrogens is 224 g/mol. The zero-order chi connectivity index (χ0) is 11.0. The molecule has 0 radical (unpaired) electrons. The zero-order valence-electron chi connectivity index (χ0n) is 8.21. The molecule has 78 valence electrons. The molecule has 0 saturated heterocycles. The monoisotopic (exact) mass is 230 g/mol. The van der Waals surface area contributed by atoms with Gasteiger partial charge in [-0.1, -0.05) is 17.7 Å². The third kappa shape index (κ3) is 1.44. The molecule has 0 aliphatic heterocycles. The normalized spacial score (nSPS) is 10.8. The Labute approximate surface area is 96.5 Å². The van der Waals surface area contributed by atoms with Gasteiger partial charge in [-0.25, -0.2) is 14.6 Å². The molecule has 0 aromatic carbocycles. The lowest BCUT2D eigenvalue weighted by Gasteiger charge is -2.01. The molecule has 0 N–H and O–H groups in total. The second kappa shape index (κ2) is 3.57.